The predicted octanol–water partition coefficient (Wildman–Crippen LogP) is 16.2. The monoisotopic (exact) mass is 794 g/mol. The molecule has 1 aromatic heterocycles. The molecule has 0 N–H and O–H groups in total. The highest BCUT2D eigenvalue weighted by atomic mass is 15.1. The van der Waals surface area contributed by atoms with Gasteiger partial charge in [0.2, 0.25) is 0 Å². The maximum Gasteiger partial charge on any atom is 0.0547 e. The van der Waals surface area contributed by atoms with Crippen LogP contribution in [0.4, 0.5) is 17.1 Å². The molecule has 2 heteroatoms. The van der Waals surface area contributed by atoms with Crippen molar-refractivity contribution in [3.63, 3.8) is 0 Å². The number of hydrogen-bond acceptors (Lipinski definition) is 1. The van der Waals surface area contributed by atoms with Gasteiger partial charge in [-0.25, -0.2) is 0 Å². The lowest BCUT2D eigenvalue weighted by atomic mass is 9.81. The summed E-state index contributed by atoms with van der Waals surface area (Å²) in [7, 11) is 0. The van der Waals surface area contributed by atoms with Crippen LogP contribution in [0.25, 0.3) is 72.0 Å². The van der Waals surface area contributed by atoms with Crippen molar-refractivity contribution in [3.8, 4) is 50.2 Å². The van der Waals surface area contributed by atoms with E-state index in [4.69, 9.17) is 0 Å². The number of aromatic nitrogens is 1. The van der Waals surface area contributed by atoms with Gasteiger partial charge in [-0.1, -0.05) is 173 Å². The Morgan fingerprint density at radius 3 is 1.66 bits per heavy atom. The molecule has 0 saturated carbocycles. The minimum absolute atomic E-state index is 0.0485. The quantitative estimate of drug-likeness (QED) is 0.163. The summed E-state index contributed by atoms with van der Waals surface area (Å²) in [5, 5.41) is 2.52. The molecule has 0 unspecified atom stereocenters. The molecule has 0 fully saturated rings. The normalized spacial score (nSPS) is 14.1. The summed E-state index contributed by atoms with van der Waals surface area (Å²) in [6, 6.07) is 76.4. The van der Waals surface area contributed by atoms with Crippen LogP contribution in [0.1, 0.15) is 49.9 Å². The Labute approximate surface area is 364 Å². The van der Waals surface area contributed by atoms with Crippen LogP contribution in [-0.2, 0) is 10.8 Å². The molecule has 0 atom stereocenters. The molecule has 2 aliphatic rings. The Hall–Kier alpha value is -7.42. The first-order valence-electron chi connectivity index (χ1n) is 21.9. The number of para-hydroxylation sites is 2. The third-order valence-corrected chi connectivity index (χ3v) is 14.0. The van der Waals surface area contributed by atoms with Crippen molar-refractivity contribution in [2.24, 2.45) is 0 Å². The second-order valence-corrected chi connectivity index (χ2v) is 18.1. The Kier molecular flexibility index (Phi) is 7.96. The summed E-state index contributed by atoms with van der Waals surface area (Å²) >= 11 is 0. The fraction of sp³-hybridized carbons (Fsp3) is 0.100. The molecule has 10 aromatic rings. The zero-order valence-corrected chi connectivity index (χ0v) is 35.5. The van der Waals surface area contributed by atoms with Crippen molar-refractivity contribution in [1.29, 1.82) is 0 Å². The first-order valence-corrected chi connectivity index (χ1v) is 21.9. The molecule has 2 aliphatic carbocycles. The molecule has 0 aliphatic heterocycles. The van der Waals surface area contributed by atoms with E-state index in [9.17, 15) is 0 Å². The van der Waals surface area contributed by atoms with E-state index >= 15 is 0 Å². The van der Waals surface area contributed by atoms with Gasteiger partial charge in [0.15, 0.2) is 0 Å². The highest BCUT2D eigenvalue weighted by molar-refractivity contribution is 6.15. The molecule has 296 valence electrons. The van der Waals surface area contributed by atoms with E-state index in [0.717, 1.165) is 11.4 Å². The molecular formula is C60H46N2. The molecule has 0 amide bonds. The van der Waals surface area contributed by atoms with E-state index in [2.05, 4.69) is 243 Å². The van der Waals surface area contributed by atoms with Crippen LogP contribution in [0.15, 0.2) is 206 Å². The fourth-order valence-corrected chi connectivity index (χ4v) is 10.9. The van der Waals surface area contributed by atoms with E-state index in [1.165, 1.54) is 99.9 Å². The molecule has 1 heterocycles. The van der Waals surface area contributed by atoms with Gasteiger partial charge < -0.3 is 9.47 Å². The summed E-state index contributed by atoms with van der Waals surface area (Å²) in [5.74, 6) is 0. The average molecular weight is 795 g/mol. The number of hydrogen-bond donors (Lipinski definition) is 0. The largest absolute Gasteiger partial charge is 0.310 e. The van der Waals surface area contributed by atoms with Gasteiger partial charge in [-0.3, -0.25) is 0 Å². The second-order valence-electron chi connectivity index (χ2n) is 18.1. The number of benzene rings is 9. The van der Waals surface area contributed by atoms with Crippen molar-refractivity contribution >= 4 is 38.9 Å². The maximum absolute atomic E-state index is 2.47. The van der Waals surface area contributed by atoms with Gasteiger partial charge in [-0.05, 0) is 122 Å². The fourth-order valence-electron chi connectivity index (χ4n) is 10.9. The van der Waals surface area contributed by atoms with Gasteiger partial charge in [0.05, 0.1) is 16.7 Å². The summed E-state index contributed by atoms with van der Waals surface area (Å²) in [6.45, 7) is 9.44. The van der Waals surface area contributed by atoms with E-state index in [1.807, 2.05) is 0 Å². The number of anilines is 3. The highest BCUT2D eigenvalue weighted by Crippen LogP contribution is 2.55. The van der Waals surface area contributed by atoms with Gasteiger partial charge in [0.1, 0.15) is 0 Å². The number of rotatable bonds is 6. The Balaban J connectivity index is 0.993. The molecule has 0 spiro atoms. The molecule has 0 bridgehead atoms. The van der Waals surface area contributed by atoms with Crippen LogP contribution in [-0.4, -0.2) is 4.57 Å². The zero-order chi connectivity index (χ0) is 41.7. The number of fused-ring (bicyclic) bond motifs is 9. The minimum Gasteiger partial charge on any atom is -0.310 e. The maximum atomic E-state index is 2.47. The standard InChI is InChI=1S/C60H46N2/c1-59(2)51-23-12-9-19-48(51)58-52(59)24-15-27-56(58)61(43-33-28-39(29-34-43)41-32-37-47-46-18-8-11-22-50(46)60(3,4)53(47)38-41)44-35-30-40(31-36-44)45-21-14-26-55-57(45)49-20-10-13-25-54(49)62(55)42-16-6-5-7-17-42/h5-38H,1-4H3. The molecule has 12 rings (SSSR count). The molecular weight excluding hydrogens is 749 g/mol. The summed E-state index contributed by atoms with van der Waals surface area (Å²) < 4.78 is 2.39. The first-order chi connectivity index (χ1) is 30.3. The Morgan fingerprint density at radius 2 is 0.903 bits per heavy atom. The zero-order valence-electron chi connectivity index (χ0n) is 35.5. The first kappa shape index (κ1) is 36.4. The molecule has 2 nitrogen and oxygen atoms in total. The lowest BCUT2D eigenvalue weighted by Gasteiger charge is -2.29. The molecule has 0 radical (unpaired) electrons. The van der Waals surface area contributed by atoms with Gasteiger partial charge in [-0.15, -0.1) is 0 Å². The molecule has 9 aromatic carbocycles. The van der Waals surface area contributed by atoms with Crippen molar-refractivity contribution in [2.75, 3.05) is 4.90 Å². The van der Waals surface area contributed by atoms with Gasteiger partial charge in [0, 0.05) is 44.2 Å². The van der Waals surface area contributed by atoms with Crippen LogP contribution in [0.3, 0.4) is 0 Å². The van der Waals surface area contributed by atoms with E-state index in [0.29, 0.717) is 0 Å². The average Bonchev–Trinajstić information content (AvgIpc) is 3.87. The lowest BCUT2D eigenvalue weighted by molar-refractivity contribution is 0.660. The van der Waals surface area contributed by atoms with Crippen LogP contribution >= 0.6 is 0 Å². The predicted molar refractivity (Wildman–Crippen MR) is 261 cm³/mol. The second kappa shape index (κ2) is 13.5. The van der Waals surface area contributed by atoms with Crippen molar-refractivity contribution in [3.05, 3.63) is 229 Å². The van der Waals surface area contributed by atoms with Crippen molar-refractivity contribution in [1.82, 2.24) is 4.57 Å². The van der Waals surface area contributed by atoms with Crippen LogP contribution in [0.2, 0.25) is 0 Å². The van der Waals surface area contributed by atoms with E-state index < -0.39 is 0 Å². The van der Waals surface area contributed by atoms with Gasteiger partial charge in [0.25, 0.3) is 0 Å². The van der Waals surface area contributed by atoms with E-state index in [-0.39, 0.29) is 10.8 Å². The summed E-state index contributed by atoms with van der Waals surface area (Å²) in [6.07, 6.45) is 0. The molecule has 0 saturated heterocycles. The third kappa shape index (κ3) is 5.29. The Morgan fingerprint density at radius 1 is 0.371 bits per heavy atom. The van der Waals surface area contributed by atoms with Gasteiger partial charge >= 0.3 is 0 Å². The number of nitrogens with zero attached hydrogens (tertiary/aromatic N) is 2. The van der Waals surface area contributed by atoms with Crippen LogP contribution < -0.4 is 4.90 Å². The third-order valence-electron chi connectivity index (χ3n) is 14.0. The SMILES string of the molecule is CC1(C)c2ccccc2-c2ccc(-c3ccc(N(c4ccc(-c5cccc6c5c5ccccc5n6-c5ccccc5)cc4)c4cccc5c4-c4ccccc4C5(C)C)cc3)cc21. The van der Waals surface area contributed by atoms with Gasteiger partial charge in [-0.2, -0.15) is 0 Å². The van der Waals surface area contributed by atoms with Crippen molar-refractivity contribution in [2.45, 2.75) is 38.5 Å². The lowest BCUT2D eigenvalue weighted by Crippen LogP contribution is -2.16. The van der Waals surface area contributed by atoms with E-state index in [1.54, 1.807) is 0 Å². The summed E-state index contributed by atoms with van der Waals surface area (Å²) in [5.41, 5.74) is 22.6. The summed E-state index contributed by atoms with van der Waals surface area (Å²) in [4.78, 5) is 2.47. The minimum atomic E-state index is -0.111. The van der Waals surface area contributed by atoms with Crippen LogP contribution in [0.5, 0.6) is 0 Å². The van der Waals surface area contributed by atoms with Crippen molar-refractivity contribution < 1.29 is 0 Å². The highest BCUT2D eigenvalue weighted by Gasteiger charge is 2.38. The Bertz CT molecular complexity index is 3380. The smallest absolute Gasteiger partial charge is 0.0547 e. The topological polar surface area (TPSA) is 8.17 Å². The molecule has 62 heavy (non-hydrogen) atoms. The van der Waals surface area contributed by atoms with Crippen LogP contribution in [0, 0.1) is 0 Å².